The molecule has 4 heteroatoms. The molecule has 0 saturated heterocycles. The second-order valence-electron chi connectivity index (χ2n) is 1.60. The van der Waals surface area contributed by atoms with Crippen LogP contribution in [-0.2, 0) is 9.59 Å². The minimum Gasteiger partial charge on any atom is -1.00 e. The Morgan fingerprint density at radius 3 is 2.00 bits per heavy atom. The first-order valence-corrected chi connectivity index (χ1v) is 2.34. The van der Waals surface area contributed by atoms with Gasteiger partial charge in [0.1, 0.15) is 5.78 Å². The Kier molecular flexibility index (Phi) is 8.27. The standard InChI is InChI=1S/C5H8O3.Na.H/c1-4(6)2-3-5(7)8;;/h2-3H2,1H3,(H,7,8);;/q;+1;-1. The van der Waals surface area contributed by atoms with Gasteiger partial charge in [0.05, 0.1) is 6.42 Å². The SMILES string of the molecule is CC(=O)CCC(=O)O.[H-].[Na+]. The molecule has 1 N–H and O–H groups in total. The Bertz CT molecular complexity index is 101. The minimum absolute atomic E-state index is 0. The molecule has 0 spiro atoms. The van der Waals surface area contributed by atoms with Crippen LogP contribution in [0.25, 0.3) is 0 Å². The number of aliphatic carboxylic acids is 1. The Morgan fingerprint density at radius 2 is 1.89 bits per heavy atom. The van der Waals surface area contributed by atoms with E-state index in [1.807, 2.05) is 0 Å². The number of carboxylic acids is 1. The predicted molar refractivity (Wildman–Crippen MR) is 28.7 cm³/mol. The topological polar surface area (TPSA) is 54.4 Å². The second-order valence-corrected chi connectivity index (χ2v) is 1.60. The molecule has 3 nitrogen and oxygen atoms in total. The van der Waals surface area contributed by atoms with E-state index in [0.29, 0.717) is 0 Å². The molecule has 0 saturated carbocycles. The molecule has 0 fully saturated rings. The molecule has 0 aromatic heterocycles. The summed E-state index contributed by atoms with van der Waals surface area (Å²) in [5.41, 5.74) is 0. The predicted octanol–water partition coefficient (Wildman–Crippen LogP) is -2.44. The van der Waals surface area contributed by atoms with Crippen molar-refractivity contribution < 1.29 is 45.7 Å². The van der Waals surface area contributed by atoms with Crippen molar-refractivity contribution in [1.82, 2.24) is 0 Å². The van der Waals surface area contributed by atoms with Gasteiger partial charge in [-0.25, -0.2) is 0 Å². The fraction of sp³-hybridized carbons (Fsp3) is 0.600. The van der Waals surface area contributed by atoms with Crippen molar-refractivity contribution in [1.29, 1.82) is 0 Å². The number of rotatable bonds is 3. The van der Waals surface area contributed by atoms with Crippen LogP contribution >= 0.6 is 0 Å². The fourth-order valence-corrected chi connectivity index (χ4v) is 0.283. The van der Waals surface area contributed by atoms with Gasteiger partial charge in [0, 0.05) is 6.42 Å². The molecule has 0 aromatic rings. The monoisotopic (exact) mass is 140 g/mol. The summed E-state index contributed by atoms with van der Waals surface area (Å²) in [5.74, 6) is -0.993. The average Bonchev–Trinajstić information content (AvgIpc) is 1.61. The fourth-order valence-electron chi connectivity index (χ4n) is 0.283. The van der Waals surface area contributed by atoms with Crippen LogP contribution in [0, 0.1) is 0 Å². The molecule has 0 unspecified atom stereocenters. The van der Waals surface area contributed by atoms with Crippen LogP contribution in [0.15, 0.2) is 0 Å². The maximum Gasteiger partial charge on any atom is 1.00 e. The number of ketones is 1. The number of hydrogen-bond donors (Lipinski definition) is 1. The van der Waals surface area contributed by atoms with E-state index in [0.717, 1.165) is 0 Å². The molecule has 0 aliphatic heterocycles. The third-order valence-electron chi connectivity index (χ3n) is 0.691. The van der Waals surface area contributed by atoms with E-state index in [1.165, 1.54) is 6.92 Å². The van der Waals surface area contributed by atoms with Crippen molar-refractivity contribution in [2.45, 2.75) is 19.8 Å². The first kappa shape index (κ1) is 11.9. The average molecular weight is 140 g/mol. The number of Topliss-reactive ketones (excluding diaryl/α,β-unsaturated/α-hetero) is 1. The van der Waals surface area contributed by atoms with E-state index in [4.69, 9.17) is 5.11 Å². The molecule has 0 atom stereocenters. The van der Waals surface area contributed by atoms with Gasteiger partial charge >= 0.3 is 35.5 Å². The van der Waals surface area contributed by atoms with Crippen LogP contribution in [0.2, 0.25) is 0 Å². The van der Waals surface area contributed by atoms with Crippen molar-refractivity contribution >= 4 is 11.8 Å². The molecule has 0 heterocycles. The first-order chi connectivity index (χ1) is 3.63. The van der Waals surface area contributed by atoms with Crippen molar-refractivity contribution in [3.8, 4) is 0 Å². The van der Waals surface area contributed by atoms with Gasteiger partial charge in [0.25, 0.3) is 0 Å². The maximum atomic E-state index is 10.1. The molecule has 0 amide bonds. The van der Waals surface area contributed by atoms with E-state index < -0.39 is 5.97 Å². The molecule has 0 aliphatic rings. The van der Waals surface area contributed by atoms with Crippen LogP contribution in [0.1, 0.15) is 21.2 Å². The zero-order chi connectivity index (χ0) is 6.57. The smallest absolute Gasteiger partial charge is 1.00 e. The third kappa shape index (κ3) is 11.6. The van der Waals surface area contributed by atoms with Gasteiger partial charge in [-0.1, -0.05) is 0 Å². The van der Waals surface area contributed by atoms with Crippen molar-refractivity contribution in [3.63, 3.8) is 0 Å². The van der Waals surface area contributed by atoms with Gasteiger partial charge < -0.3 is 11.3 Å². The van der Waals surface area contributed by atoms with Crippen molar-refractivity contribution in [3.05, 3.63) is 0 Å². The largest absolute Gasteiger partial charge is 1.00 e. The van der Waals surface area contributed by atoms with Crippen LogP contribution in [0.4, 0.5) is 0 Å². The Labute approximate surface area is 77.2 Å². The Morgan fingerprint density at radius 1 is 1.44 bits per heavy atom. The molecule has 0 aromatic carbocycles. The summed E-state index contributed by atoms with van der Waals surface area (Å²) < 4.78 is 0. The number of carbonyl (C=O) groups excluding carboxylic acids is 1. The van der Waals surface area contributed by atoms with E-state index in [1.54, 1.807) is 0 Å². The summed E-state index contributed by atoms with van der Waals surface area (Å²) in [5, 5.41) is 8.01. The normalized spacial score (nSPS) is 7.67. The van der Waals surface area contributed by atoms with Crippen molar-refractivity contribution in [2.75, 3.05) is 0 Å². The molecule has 48 valence electrons. The van der Waals surface area contributed by atoms with Crippen LogP contribution in [0.3, 0.4) is 0 Å². The number of carboxylic acid groups (broad SMARTS) is 1. The molecule has 0 bridgehead atoms. The van der Waals surface area contributed by atoms with Crippen LogP contribution < -0.4 is 29.6 Å². The number of hydrogen-bond acceptors (Lipinski definition) is 2. The molecular weight excluding hydrogens is 131 g/mol. The molecule has 0 rings (SSSR count). The van der Waals surface area contributed by atoms with Crippen LogP contribution in [-0.4, -0.2) is 16.9 Å². The first-order valence-electron chi connectivity index (χ1n) is 2.34. The minimum atomic E-state index is -0.916. The quantitative estimate of drug-likeness (QED) is 0.443. The molecule has 9 heavy (non-hydrogen) atoms. The van der Waals surface area contributed by atoms with Crippen LogP contribution in [0.5, 0.6) is 0 Å². The van der Waals surface area contributed by atoms with Gasteiger partial charge in [0.2, 0.25) is 0 Å². The summed E-state index contributed by atoms with van der Waals surface area (Å²) in [6.07, 6.45) is 0.102. The molecule has 0 aliphatic carbocycles. The third-order valence-corrected chi connectivity index (χ3v) is 0.691. The zero-order valence-electron chi connectivity index (χ0n) is 6.68. The van der Waals surface area contributed by atoms with E-state index in [-0.39, 0.29) is 49.6 Å². The van der Waals surface area contributed by atoms with Gasteiger partial charge in [-0.05, 0) is 6.92 Å². The molecule has 0 radical (unpaired) electrons. The van der Waals surface area contributed by atoms with Gasteiger partial charge in [0.15, 0.2) is 0 Å². The van der Waals surface area contributed by atoms with E-state index in [2.05, 4.69) is 0 Å². The molecular formula is C5H9NaO3. The van der Waals surface area contributed by atoms with E-state index >= 15 is 0 Å². The summed E-state index contributed by atoms with van der Waals surface area (Å²) in [7, 11) is 0. The maximum absolute atomic E-state index is 10.1. The Hall–Kier alpha value is 0.140. The van der Waals surface area contributed by atoms with Gasteiger partial charge in [-0.15, -0.1) is 0 Å². The zero-order valence-corrected chi connectivity index (χ0v) is 7.68. The summed E-state index contributed by atoms with van der Waals surface area (Å²) in [6, 6.07) is 0. The summed E-state index contributed by atoms with van der Waals surface area (Å²) >= 11 is 0. The van der Waals surface area contributed by atoms with Gasteiger partial charge in [-0.2, -0.15) is 0 Å². The second kappa shape index (κ2) is 6.26. The number of carbonyl (C=O) groups is 2. The van der Waals surface area contributed by atoms with Crippen molar-refractivity contribution in [2.24, 2.45) is 0 Å². The Balaban J connectivity index is -0.000000245. The van der Waals surface area contributed by atoms with E-state index in [9.17, 15) is 9.59 Å². The van der Waals surface area contributed by atoms with Gasteiger partial charge in [-0.3, -0.25) is 4.79 Å². The summed E-state index contributed by atoms with van der Waals surface area (Å²) in [6.45, 7) is 1.38. The summed E-state index contributed by atoms with van der Waals surface area (Å²) in [4.78, 5) is 19.8.